The van der Waals surface area contributed by atoms with Gasteiger partial charge in [0.15, 0.2) is 0 Å². The number of aromatic nitrogens is 4. The highest BCUT2D eigenvalue weighted by Gasteiger charge is 2.14. The van der Waals surface area contributed by atoms with Gasteiger partial charge in [0.05, 0.1) is 24.2 Å². The highest BCUT2D eigenvalue weighted by Crippen LogP contribution is 2.30. The Balaban J connectivity index is 1.63. The van der Waals surface area contributed by atoms with Gasteiger partial charge < -0.3 is 14.5 Å². The van der Waals surface area contributed by atoms with Crippen molar-refractivity contribution in [3.63, 3.8) is 0 Å². The average molecular weight is 421 g/mol. The van der Waals surface area contributed by atoms with Crippen molar-refractivity contribution in [1.82, 2.24) is 24.5 Å². The van der Waals surface area contributed by atoms with E-state index in [0.29, 0.717) is 6.61 Å². The molecule has 3 heterocycles. The predicted molar refractivity (Wildman–Crippen MR) is 125 cm³/mol. The molecule has 156 valence electrons. The van der Waals surface area contributed by atoms with E-state index in [1.807, 2.05) is 25.0 Å². The van der Waals surface area contributed by atoms with Gasteiger partial charge in [-0.1, -0.05) is 18.2 Å². The first-order chi connectivity index (χ1) is 14.5. The van der Waals surface area contributed by atoms with Crippen molar-refractivity contribution >= 4 is 20.2 Å². The molecule has 0 amide bonds. The van der Waals surface area contributed by atoms with Crippen molar-refractivity contribution in [2.75, 3.05) is 13.7 Å². The van der Waals surface area contributed by atoms with Crippen molar-refractivity contribution in [3.8, 4) is 16.9 Å². The molecule has 0 spiro atoms. The van der Waals surface area contributed by atoms with Gasteiger partial charge in [0, 0.05) is 48.3 Å². The fourth-order valence-electron chi connectivity index (χ4n) is 3.88. The van der Waals surface area contributed by atoms with Crippen LogP contribution in [0.2, 0.25) is 0 Å². The molecule has 0 saturated carbocycles. The number of fused-ring (bicyclic) bond motifs is 1. The first kappa shape index (κ1) is 20.6. The van der Waals surface area contributed by atoms with Gasteiger partial charge in [-0.2, -0.15) is 5.10 Å². The van der Waals surface area contributed by atoms with Gasteiger partial charge in [-0.05, 0) is 38.6 Å². The van der Waals surface area contributed by atoms with E-state index < -0.39 is 0 Å². The van der Waals surface area contributed by atoms with E-state index in [2.05, 4.69) is 79.4 Å². The molecule has 0 bridgehead atoms. The van der Waals surface area contributed by atoms with Crippen LogP contribution in [0.5, 0.6) is 5.75 Å². The lowest BCUT2D eigenvalue weighted by atomic mass is 10.1. The number of para-hydroxylation sites is 1. The van der Waals surface area contributed by atoms with Crippen molar-refractivity contribution < 1.29 is 4.74 Å². The molecule has 4 rings (SSSR count). The van der Waals surface area contributed by atoms with Gasteiger partial charge in [-0.25, -0.2) is 4.98 Å². The first-order valence-corrected chi connectivity index (χ1v) is 10.7. The Kier molecular flexibility index (Phi) is 5.89. The molecule has 4 aromatic rings. The van der Waals surface area contributed by atoms with Crippen LogP contribution < -0.4 is 15.4 Å². The smallest absolute Gasteiger partial charge is 0.136 e. The van der Waals surface area contributed by atoms with Crippen LogP contribution in [0.1, 0.15) is 22.6 Å². The Hall–Kier alpha value is -2.69. The number of aryl methyl sites for hydroxylation is 2. The van der Waals surface area contributed by atoms with Crippen LogP contribution in [0.3, 0.4) is 0 Å². The summed E-state index contributed by atoms with van der Waals surface area (Å²) < 4.78 is 10.4. The maximum absolute atomic E-state index is 6.32. The maximum atomic E-state index is 6.32. The van der Waals surface area contributed by atoms with E-state index in [1.54, 1.807) is 0 Å². The minimum absolute atomic E-state index is 0.601. The third kappa shape index (κ3) is 3.85. The van der Waals surface area contributed by atoms with Gasteiger partial charge in [0.25, 0.3) is 0 Å². The molecule has 0 saturated heterocycles. The molecule has 1 unspecified atom stereocenters. The molecule has 7 heteroatoms. The van der Waals surface area contributed by atoms with E-state index >= 15 is 0 Å². The number of pyridine rings is 1. The van der Waals surface area contributed by atoms with Crippen molar-refractivity contribution in [2.45, 2.75) is 26.8 Å². The normalized spacial score (nSPS) is 11.4. The van der Waals surface area contributed by atoms with Crippen molar-refractivity contribution in [1.29, 1.82) is 0 Å². The lowest BCUT2D eigenvalue weighted by Gasteiger charge is -2.15. The molecule has 3 aromatic heterocycles. The van der Waals surface area contributed by atoms with E-state index in [1.165, 1.54) is 11.3 Å². The largest absolute Gasteiger partial charge is 0.492 e. The zero-order valence-corrected chi connectivity index (χ0v) is 19.1. The summed E-state index contributed by atoms with van der Waals surface area (Å²) in [5.74, 6) is 0.899. The minimum atomic E-state index is 0.601. The van der Waals surface area contributed by atoms with Gasteiger partial charge in [0.1, 0.15) is 11.4 Å². The zero-order chi connectivity index (χ0) is 21.3. The second kappa shape index (κ2) is 8.58. The van der Waals surface area contributed by atoms with Crippen molar-refractivity contribution in [3.05, 3.63) is 65.4 Å². The SMILES string of the molecule is CNCc1cnc2ccc(-c3cccc(P)c3OCCc3c(C)nn(C)c3C)cn12. The van der Waals surface area contributed by atoms with E-state index in [4.69, 9.17) is 4.74 Å². The summed E-state index contributed by atoms with van der Waals surface area (Å²) in [5.41, 5.74) is 7.77. The quantitative estimate of drug-likeness (QED) is 0.466. The molecule has 6 nitrogen and oxygen atoms in total. The standard InChI is InChI=1S/C23H28N5OP/c1-15-19(16(2)27(4)26-15)10-11-29-23-20(6-5-7-21(23)30)17-8-9-22-25-13-18(12-24-3)28(22)14-17/h5-9,13-14,24H,10-12,30H2,1-4H3. The highest BCUT2D eigenvalue weighted by atomic mass is 31.0. The van der Waals surface area contributed by atoms with Crippen LogP contribution in [0.4, 0.5) is 0 Å². The Labute approximate surface area is 179 Å². The molecule has 1 N–H and O–H groups in total. The summed E-state index contributed by atoms with van der Waals surface area (Å²) in [6.45, 7) is 5.53. The van der Waals surface area contributed by atoms with Crippen LogP contribution in [0.15, 0.2) is 42.7 Å². The number of ether oxygens (including phenoxy) is 1. The van der Waals surface area contributed by atoms with E-state index in [0.717, 1.165) is 52.2 Å². The fourth-order valence-corrected chi connectivity index (χ4v) is 4.23. The first-order valence-electron chi connectivity index (χ1n) is 10.1. The molecular formula is C23H28N5OP. The second-order valence-corrected chi connectivity index (χ2v) is 8.14. The Bertz CT molecular complexity index is 1190. The topological polar surface area (TPSA) is 56.4 Å². The van der Waals surface area contributed by atoms with Crippen LogP contribution in [-0.2, 0) is 20.0 Å². The van der Waals surface area contributed by atoms with Gasteiger partial charge in [-0.3, -0.25) is 4.68 Å². The molecule has 30 heavy (non-hydrogen) atoms. The summed E-state index contributed by atoms with van der Waals surface area (Å²) in [5, 5.41) is 8.76. The summed E-state index contributed by atoms with van der Waals surface area (Å²) in [4.78, 5) is 4.49. The average Bonchev–Trinajstić information content (AvgIpc) is 3.24. The number of hydrogen-bond donors (Lipinski definition) is 1. The van der Waals surface area contributed by atoms with Gasteiger partial charge in [0.2, 0.25) is 0 Å². The summed E-state index contributed by atoms with van der Waals surface area (Å²) in [7, 11) is 6.73. The van der Waals surface area contributed by atoms with E-state index in [-0.39, 0.29) is 0 Å². The number of imidazole rings is 1. The van der Waals surface area contributed by atoms with Crippen LogP contribution in [0, 0.1) is 13.8 Å². The lowest BCUT2D eigenvalue weighted by molar-refractivity contribution is 0.325. The molecule has 1 atom stereocenters. The molecule has 0 radical (unpaired) electrons. The monoisotopic (exact) mass is 421 g/mol. The summed E-state index contributed by atoms with van der Waals surface area (Å²) in [6.07, 6.45) is 4.88. The highest BCUT2D eigenvalue weighted by molar-refractivity contribution is 7.27. The van der Waals surface area contributed by atoms with Crippen LogP contribution >= 0.6 is 9.24 Å². The number of benzene rings is 1. The summed E-state index contributed by atoms with van der Waals surface area (Å²) >= 11 is 0. The molecule has 1 aromatic carbocycles. The zero-order valence-electron chi connectivity index (χ0n) is 17.9. The lowest BCUT2D eigenvalue weighted by Crippen LogP contribution is -2.10. The molecule has 0 aliphatic heterocycles. The predicted octanol–water partition coefficient (Wildman–Crippen LogP) is 3.19. The number of rotatable bonds is 7. The second-order valence-electron chi connectivity index (χ2n) is 7.52. The molecule has 0 aliphatic rings. The maximum Gasteiger partial charge on any atom is 0.136 e. The Morgan fingerprint density at radius 3 is 2.73 bits per heavy atom. The van der Waals surface area contributed by atoms with E-state index in [9.17, 15) is 0 Å². The molecule has 0 fully saturated rings. The van der Waals surface area contributed by atoms with Crippen LogP contribution in [-0.4, -0.2) is 32.8 Å². The van der Waals surface area contributed by atoms with Gasteiger partial charge >= 0.3 is 0 Å². The van der Waals surface area contributed by atoms with Crippen molar-refractivity contribution in [2.24, 2.45) is 7.05 Å². The third-order valence-electron chi connectivity index (χ3n) is 5.55. The number of hydrogen-bond acceptors (Lipinski definition) is 4. The molecular weight excluding hydrogens is 393 g/mol. The van der Waals surface area contributed by atoms with Crippen LogP contribution in [0.25, 0.3) is 16.8 Å². The Morgan fingerprint density at radius 1 is 1.17 bits per heavy atom. The number of nitrogens with one attached hydrogen (secondary N) is 1. The Morgan fingerprint density at radius 2 is 2.00 bits per heavy atom. The number of nitrogens with zero attached hydrogens (tertiary/aromatic N) is 4. The molecule has 0 aliphatic carbocycles. The summed E-state index contributed by atoms with van der Waals surface area (Å²) in [6, 6.07) is 10.4. The minimum Gasteiger partial charge on any atom is -0.492 e. The fraction of sp³-hybridized carbons (Fsp3) is 0.304. The third-order valence-corrected chi connectivity index (χ3v) is 6.01. The van der Waals surface area contributed by atoms with Gasteiger partial charge in [-0.15, -0.1) is 9.24 Å².